The fourth-order valence-corrected chi connectivity index (χ4v) is 1.53. The highest BCUT2D eigenvalue weighted by molar-refractivity contribution is 5.95. The summed E-state index contributed by atoms with van der Waals surface area (Å²) in [5, 5.41) is 5.68. The van der Waals surface area contributed by atoms with Crippen molar-refractivity contribution in [3.63, 3.8) is 0 Å². The lowest BCUT2D eigenvalue weighted by Gasteiger charge is -2.08. The van der Waals surface area contributed by atoms with Crippen LogP contribution in [0.25, 0.3) is 0 Å². The number of anilines is 2. The second kappa shape index (κ2) is 5.55. The summed E-state index contributed by atoms with van der Waals surface area (Å²) in [4.78, 5) is 26.9. The van der Waals surface area contributed by atoms with E-state index < -0.39 is 5.97 Å². The monoisotopic (exact) mass is 264 g/mol. The summed E-state index contributed by atoms with van der Waals surface area (Å²) in [6, 6.07) is 1.78. The first-order valence-electron chi connectivity index (χ1n) is 5.97. The maximum atomic E-state index is 11.5. The summed E-state index contributed by atoms with van der Waals surface area (Å²) in [6.07, 6.45) is 3.43. The van der Waals surface area contributed by atoms with Crippen LogP contribution < -0.4 is 16.4 Å². The van der Waals surface area contributed by atoms with E-state index in [9.17, 15) is 9.59 Å². The van der Waals surface area contributed by atoms with Crippen molar-refractivity contribution in [2.24, 2.45) is 0 Å². The van der Waals surface area contributed by atoms with E-state index in [0.717, 1.165) is 12.8 Å². The van der Waals surface area contributed by atoms with Crippen molar-refractivity contribution in [1.29, 1.82) is 0 Å². The number of rotatable bonds is 5. The molecule has 0 radical (unpaired) electrons. The molecule has 1 aromatic heterocycles. The molecule has 19 heavy (non-hydrogen) atoms. The predicted molar refractivity (Wildman–Crippen MR) is 69.6 cm³/mol. The fourth-order valence-electron chi connectivity index (χ4n) is 1.53. The van der Waals surface area contributed by atoms with E-state index in [1.54, 1.807) is 0 Å². The standard InChI is InChI=1S/C12H16N4O3/c1-19-12(18)8-4-10(14-5-9(8)13)15-6-11(17)16-7-2-3-7/h4-5,7H,2-3,6,13H2,1H3,(H,14,15)(H,16,17). The summed E-state index contributed by atoms with van der Waals surface area (Å²) in [6.45, 7) is 0.105. The van der Waals surface area contributed by atoms with Gasteiger partial charge in [0.1, 0.15) is 5.82 Å². The minimum atomic E-state index is -0.537. The number of carbonyl (C=O) groups excluding carboxylic acids is 2. The molecule has 1 saturated carbocycles. The molecule has 1 aliphatic carbocycles. The second-order valence-electron chi connectivity index (χ2n) is 4.34. The summed E-state index contributed by atoms with van der Waals surface area (Å²) in [5.74, 6) is -0.230. The zero-order valence-corrected chi connectivity index (χ0v) is 10.6. The molecule has 0 spiro atoms. The summed E-state index contributed by atoms with van der Waals surface area (Å²) < 4.78 is 4.60. The third-order valence-electron chi connectivity index (χ3n) is 2.71. The SMILES string of the molecule is COC(=O)c1cc(NCC(=O)NC2CC2)ncc1N. The molecule has 0 aromatic carbocycles. The van der Waals surface area contributed by atoms with Crippen molar-refractivity contribution < 1.29 is 14.3 Å². The van der Waals surface area contributed by atoms with Crippen molar-refractivity contribution in [3.05, 3.63) is 17.8 Å². The summed E-state index contributed by atoms with van der Waals surface area (Å²) in [7, 11) is 1.28. The fraction of sp³-hybridized carbons (Fsp3) is 0.417. The van der Waals surface area contributed by atoms with Crippen molar-refractivity contribution in [3.8, 4) is 0 Å². The first kappa shape index (κ1) is 13.1. The Balaban J connectivity index is 1.95. The van der Waals surface area contributed by atoms with Gasteiger partial charge in [0.05, 0.1) is 31.1 Å². The molecule has 102 valence electrons. The lowest BCUT2D eigenvalue weighted by Crippen LogP contribution is -2.31. The van der Waals surface area contributed by atoms with Crippen LogP contribution in [0.15, 0.2) is 12.3 Å². The number of amides is 1. The molecule has 0 bridgehead atoms. The lowest BCUT2D eigenvalue weighted by molar-refractivity contribution is -0.119. The highest BCUT2D eigenvalue weighted by atomic mass is 16.5. The Bertz CT molecular complexity index is 500. The van der Waals surface area contributed by atoms with E-state index in [2.05, 4.69) is 20.4 Å². The van der Waals surface area contributed by atoms with E-state index in [4.69, 9.17) is 5.73 Å². The number of hydrogen-bond donors (Lipinski definition) is 3. The average molecular weight is 264 g/mol. The van der Waals surface area contributed by atoms with E-state index in [1.165, 1.54) is 19.4 Å². The van der Waals surface area contributed by atoms with Gasteiger partial charge in [-0.1, -0.05) is 0 Å². The third-order valence-corrected chi connectivity index (χ3v) is 2.71. The Labute approximate surface area is 110 Å². The molecule has 0 aliphatic heterocycles. The van der Waals surface area contributed by atoms with E-state index in [-0.39, 0.29) is 23.7 Å². The van der Waals surface area contributed by atoms with Crippen LogP contribution in [0.4, 0.5) is 11.5 Å². The number of ether oxygens (including phenoxy) is 1. The zero-order chi connectivity index (χ0) is 13.8. The highest BCUT2D eigenvalue weighted by Gasteiger charge is 2.23. The van der Waals surface area contributed by atoms with Crippen molar-refractivity contribution in [2.75, 3.05) is 24.7 Å². The summed E-state index contributed by atoms with van der Waals surface area (Å²) in [5.41, 5.74) is 6.09. The number of nitrogens with one attached hydrogen (secondary N) is 2. The lowest BCUT2D eigenvalue weighted by atomic mass is 10.2. The molecule has 1 aliphatic rings. The first-order chi connectivity index (χ1) is 9.10. The molecule has 0 atom stereocenters. The van der Waals surface area contributed by atoms with Gasteiger partial charge >= 0.3 is 5.97 Å². The topological polar surface area (TPSA) is 106 Å². The largest absolute Gasteiger partial charge is 0.465 e. The van der Waals surface area contributed by atoms with Crippen molar-refractivity contribution >= 4 is 23.4 Å². The molecule has 4 N–H and O–H groups in total. The van der Waals surface area contributed by atoms with E-state index in [0.29, 0.717) is 11.9 Å². The van der Waals surface area contributed by atoms with Crippen LogP contribution >= 0.6 is 0 Å². The van der Waals surface area contributed by atoms with Gasteiger partial charge in [0.25, 0.3) is 0 Å². The number of pyridine rings is 1. The predicted octanol–water partition coefficient (Wildman–Crippen LogP) is 0.141. The van der Waals surface area contributed by atoms with Crippen LogP contribution in [0.5, 0.6) is 0 Å². The van der Waals surface area contributed by atoms with Crippen LogP contribution in [-0.4, -0.2) is 36.6 Å². The Morgan fingerprint density at radius 1 is 1.53 bits per heavy atom. The van der Waals surface area contributed by atoms with Crippen LogP contribution in [0, 0.1) is 0 Å². The van der Waals surface area contributed by atoms with Gasteiger partial charge in [0, 0.05) is 6.04 Å². The molecule has 1 aromatic rings. The molecule has 7 heteroatoms. The normalized spacial score (nSPS) is 13.7. The number of nitrogens with zero attached hydrogens (tertiary/aromatic N) is 1. The molecule has 0 unspecified atom stereocenters. The highest BCUT2D eigenvalue weighted by Crippen LogP contribution is 2.18. The summed E-state index contributed by atoms with van der Waals surface area (Å²) >= 11 is 0. The molecular weight excluding hydrogens is 248 g/mol. The molecule has 1 fully saturated rings. The van der Waals surface area contributed by atoms with Crippen molar-refractivity contribution in [2.45, 2.75) is 18.9 Å². The second-order valence-corrected chi connectivity index (χ2v) is 4.34. The van der Waals surface area contributed by atoms with Gasteiger partial charge in [0.2, 0.25) is 5.91 Å². The van der Waals surface area contributed by atoms with E-state index >= 15 is 0 Å². The first-order valence-corrected chi connectivity index (χ1v) is 5.97. The number of esters is 1. The molecule has 0 saturated heterocycles. The minimum absolute atomic E-state index is 0.0965. The zero-order valence-electron chi connectivity index (χ0n) is 10.6. The molecule has 1 amide bonds. The van der Waals surface area contributed by atoms with Gasteiger partial charge in [-0.05, 0) is 18.9 Å². The maximum absolute atomic E-state index is 11.5. The smallest absolute Gasteiger partial charge is 0.340 e. The maximum Gasteiger partial charge on any atom is 0.340 e. The number of nitrogens with two attached hydrogens (primary N) is 1. The van der Waals surface area contributed by atoms with Gasteiger partial charge < -0.3 is 21.1 Å². The molecule has 2 rings (SSSR count). The number of nitrogen functional groups attached to an aromatic ring is 1. The van der Waals surface area contributed by atoms with Gasteiger partial charge in [-0.2, -0.15) is 0 Å². The molecule has 1 heterocycles. The Morgan fingerprint density at radius 3 is 2.89 bits per heavy atom. The van der Waals surface area contributed by atoms with Gasteiger partial charge in [-0.25, -0.2) is 9.78 Å². The Hall–Kier alpha value is -2.31. The van der Waals surface area contributed by atoms with Crippen molar-refractivity contribution in [1.82, 2.24) is 10.3 Å². The molecule has 7 nitrogen and oxygen atoms in total. The minimum Gasteiger partial charge on any atom is -0.465 e. The number of methoxy groups -OCH3 is 1. The van der Waals surface area contributed by atoms with Crippen LogP contribution in [0.2, 0.25) is 0 Å². The average Bonchev–Trinajstić information content (AvgIpc) is 3.20. The molecular formula is C12H16N4O3. The number of hydrogen-bond acceptors (Lipinski definition) is 6. The van der Waals surface area contributed by atoms with Crippen LogP contribution in [-0.2, 0) is 9.53 Å². The van der Waals surface area contributed by atoms with Crippen LogP contribution in [0.1, 0.15) is 23.2 Å². The van der Waals surface area contributed by atoms with E-state index in [1.807, 2.05) is 0 Å². The van der Waals surface area contributed by atoms with Gasteiger partial charge in [0.15, 0.2) is 0 Å². The quantitative estimate of drug-likeness (QED) is 0.653. The van der Waals surface area contributed by atoms with Crippen LogP contribution in [0.3, 0.4) is 0 Å². The Morgan fingerprint density at radius 2 is 2.26 bits per heavy atom. The number of aromatic nitrogens is 1. The van der Waals surface area contributed by atoms with Gasteiger partial charge in [-0.3, -0.25) is 4.79 Å². The van der Waals surface area contributed by atoms with Gasteiger partial charge in [-0.15, -0.1) is 0 Å². The number of carbonyl (C=O) groups is 2. The third kappa shape index (κ3) is 3.57. The Kier molecular flexibility index (Phi) is 3.84.